The van der Waals surface area contributed by atoms with E-state index in [0.717, 1.165) is 24.5 Å². The smallest absolute Gasteiger partial charge is 0.173 e. The van der Waals surface area contributed by atoms with Crippen LogP contribution >= 0.6 is 12.2 Å². The van der Waals surface area contributed by atoms with E-state index in [1.807, 2.05) is 36.4 Å². The quantitative estimate of drug-likeness (QED) is 0.858. The van der Waals surface area contributed by atoms with Gasteiger partial charge in [0.25, 0.3) is 0 Å². The number of nitrogens with zero attached hydrogens (tertiary/aromatic N) is 2. The zero-order valence-electron chi connectivity index (χ0n) is 12.2. The SMILES string of the molecule is CCN(Cc1ccncc1)C(=S)Nc1cccc(OC)c1. The van der Waals surface area contributed by atoms with Crippen molar-refractivity contribution in [3.63, 3.8) is 0 Å². The van der Waals surface area contributed by atoms with Crippen LogP contribution in [0.3, 0.4) is 0 Å². The van der Waals surface area contributed by atoms with Gasteiger partial charge in [-0.2, -0.15) is 0 Å². The lowest BCUT2D eigenvalue weighted by Crippen LogP contribution is -2.34. The molecule has 1 N–H and O–H groups in total. The first-order chi connectivity index (χ1) is 10.2. The maximum Gasteiger partial charge on any atom is 0.173 e. The zero-order chi connectivity index (χ0) is 15.1. The number of methoxy groups -OCH3 is 1. The first kappa shape index (κ1) is 15.3. The van der Waals surface area contributed by atoms with Crippen molar-refractivity contribution in [3.8, 4) is 5.75 Å². The van der Waals surface area contributed by atoms with E-state index >= 15 is 0 Å². The number of rotatable bonds is 5. The molecular weight excluding hydrogens is 282 g/mol. The van der Waals surface area contributed by atoms with Crippen LogP contribution in [0.5, 0.6) is 5.75 Å². The van der Waals surface area contributed by atoms with Crippen molar-refractivity contribution in [1.82, 2.24) is 9.88 Å². The molecule has 0 unspecified atom stereocenters. The Morgan fingerprint density at radius 3 is 2.71 bits per heavy atom. The van der Waals surface area contributed by atoms with Gasteiger partial charge in [-0.1, -0.05) is 6.07 Å². The summed E-state index contributed by atoms with van der Waals surface area (Å²) in [6, 6.07) is 11.7. The molecule has 0 bridgehead atoms. The van der Waals surface area contributed by atoms with E-state index < -0.39 is 0 Å². The van der Waals surface area contributed by atoms with Crippen LogP contribution in [0.4, 0.5) is 5.69 Å². The van der Waals surface area contributed by atoms with Gasteiger partial charge in [-0.15, -0.1) is 0 Å². The Morgan fingerprint density at radius 2 is 2.05 bits per heavy atom. The lowest BCUT2D eigenvalue weighted by Gasteiger charge is -2.24. The maximum atomic E-state index is 5.49. The number of thiocarbonyl (C=S) groups is 1. The van der Waals surface area contributed by atoms with E-state index in [1.165, 1.54) is 5.56 Å². The van der Waals surface area contributed by atoms with E-state index in [4.69, 9.17) is 17.0 Å². The average Bonchev–Trinajstić information content (AvgIpc) is 2.53. The van der Waals surface area contributed by atoms with Gasteiger partial charge < -0.3 is 15.0 Å². The highest BCUT2D eigenvalue weighted by Gasteiger charge is 2.09. The first-order valence-electron chi connectivity index (χ1n) is 6.82. The fourth-order valence-electron chi connectivity index (χ4n) is 1.94. The second kappa shape index (κ2) is 7.59. The fourth-order valence-corrected chi connectivity index (χ4v) is 2.25. The van der Waals surface area contributed by atoms with Gasteiger partial charge in [0.05, 0.1) is 7.11 Å². The Labute approximate surface area is 130 Å². The van der Waals surface area contributed by atoms with Gasteiger partial charge in [-0.05, 0) is 49.0 Å². The number of anilines is 1. The molecule has 0 aliphatic carbocycles. The molecule has 1 heterocycles. The minimum Gasteiger partial charge on any atom is -0.497 e. The topological polar surface area (TPSA) is 37.4 Å². The van der Waals surface area contributed by atoms with E-state index in [-0.39, 0.29) is 0 Å². The van der Waals surface area contributed by atoms with Crippen molar-refractivity contribution < 1.29 is 4.74 Å². The summed E-state index contributed by atoms with van der Waals surface area (Å²) in [5.41, 5.74) is 2.11. The van der Waals surface area contributed by atoms with Gasteiger partial charge in [0.2, 0.25) is 0 Å². The van der Waals surface area contributed by atoms with Crippen LogP contribution in [0.1, 0.15) is 12.5 Å². The monoisotopic (exact) mass is 301 g/mol. The van der Waals surface area contributed by atoms with Crippen LogP contribution in [0.15, 0.2) is 48.8 Å². The van der Waals surface area contributed by atoms with Crippen LogP contribution < -0.4 is 10.1 Å². The highest BCUT2D eigenvalue weighted by atomic mass is 32.1. The molecule has 21 heavy (non-hydrogen) atoms. The summed E-state index contributed by atoms with van der Waals surface area (Å²) in [5.74, 6) is 0.806. The van der Waals surface area contributed by atoms with Gasteiger partial charge in [0.1, 0.15) is 5.75 Å². The summed E-state index contributed by atoms with van der Waals surface area (Å²) in [4.78, 5) is 6.13. The van der Waals surface area contributed by atoms with Crippen molar-refractivity contribution in [3.05, 3.63) is 54.4 Å². The summed E-state index contributed by atoms with van der Waals surface area (Å²) in [6.07, 6.45) is 3.59. The number of benzene rings is 1. The van der Waals surface area contributed by atoms with Crippen LogP contribution in [0.25, 0.3) is 0 Å². The molecule has 4 nitrogen and oxygen atoms in total. The van der Waals surface area contributed by atoms with Gasteiger partial charge in [0, 0.05) is 37.2 Å². The molecule has 0 fully saturated rings. The summed E-state index contributed by atoms with van der Waals surface area (Å²) in [6.45, 7) is 3.67. The molecule has 0 radical (unpaired) electrons. The van der Waals surface area contributed by atoms with Crippen molar-refractivity contribution >= 4 is 23.0 Å². The summed E-state index contributed by atoms with van der Waals surface area (Å²) >= 11 is 5.49. The number of aromatic nitrogens is 1. The predicted octanol–water partition coefficient (Wildman–Crippen LogP) is 3.31. The standard InChI is InChI=1S/C16H19N3OS/c1-3-19(12-13-7-9-17-10-8-13)16(21)18-14-5-4-6-15(11-14)20-2/h4-11H,3,12H2,1-2H3,(H,18,21). The summed E-state index contributed by atoms with van der Waals surface area (Å²) in [5, 5.41) is 3.95. The molecule has 2 aromatic rings. The minimum absolute atomic E-state index is 0.697. The lowest BCUT2D eigenvalue weighted by atomic mass is 10.2. The molecule has 0 aliphatic rings. The molecule has 0 spiro atoms. The summed E-state index contributed by atoms with van der Waals surface area (Å²) < 4.78 is 5.22. The van der Waals surface area contributed by atoms with Crippen molar-refractivity contribution in [2.75, 3.05) is 19.0 Å². The van der Waals surface area contributed by atoms with Crippen LogP contribution in [-0.2, 0) is 6.54 Å². The third-order valence-electron chi connectivity index (χ3n) is 3.11. The third-order valence-corrected chi connectivity index (χ3v) is 3.47. The van der Waals surface area contributed by atoms with Gasteiger partial charge in [-0.25, -0.2) is 0 Å². The van der Waals surface area contributed by atoms with E-state index in [2.05, 4.69) is 22.1 Å². The largest absolute Gasteiger partial charge is 0.497 e. The van der Waals surface area contributed by atoms with E-state index in [9.17, 15) is 0 Å². The Hall–Kier alpha value is -2.14. The Bertz CT molecular complexity index is 589. The molecule has 0 saturated carbocycles. The van der Waals surface area contributed by atoms with Crippen LogP contribution in [0.2, 0.25) is 0 Å². The van der Waals surface area contributed by atoms with Gasteiger partial charge in [-0.3, -0.25) is 4.98 Å². The molecule has 5 heteroatoms. The average molecular weight is 301 g/mol. The molecular formula is C16H19N3OS. The molecule has 0 aliphatic heterocycles. The van der Waals surface area contributed by atoms with Crippen molar-refractivity contribution in [1.29, 1.82) is 0 Å². The Kier molecular flexibility index (Phi) is 5.51. The highest BCUT2D eigenvalue weighted by Crippen LogP contribution is 2.17. The molecule has 2 rings (SSSR count). The minimum atomic E-state index is 0.697. The van der Waals surface area contributed by atoms with Gasteiger partial charge >= 0.3 is 0 Å². The summed E-state index contributed by atoms with van der Waals surface area (Å²) in [7, 11) is 1.65. The second-order valence-corrected chi connectivity index (χ2v) is 4.92. The normalized spacial score (nSPS) is 10.0. The second-order valence-electron chi connectivity index (χ2n) is 4.53. The highest BCUT2D eigenvalue weighted by molar-refractivity contribution is 7.80. The van der Waals surface area contributed by atoms with Crippen molar-refractivity contribution in [2.24, 2.45) is 0 Å². The number of hydrogen-bond acceptors (Lipinski definition) is 3. The predicted molar refractivity (Wildman–Crippen MR) is 89.5 cm³/mol. The fraction of sp³-hybridized carbons (Fsp3) is 0.250. The van der Waals surface area contributed by atoms with Crippen LogP contribution in [-0.4, -0.2) is 28.7 Å². The van der Waals surface area contributed by atoms with E-state index in [1.54, 1.807) is 19.5 Å². The Morgan fingerprint density at radius 1 is 1.29 bits per heavy atom. The van der Waals surface area contributed by atoms with Gasteiger partial charge in [0.15, 0.2) is 5.11 Å². The van der Waals surface area contributed by atoms with Crippen molar-refractivity contribution in [2.45, 2.75) is 13.5 Å². The maximum absolute atomic E-state index is 5.49. The first-order valence-corrected chi connectivity index (χ1v) is 7.22. The zero-order valence-corrected chi connectivity index (χ0v) is 13.1. The lowest BCUT2D eigenvalue weighted by molar-refractivity contribution is 0.415. The molecule has 0 amide bonds. The molecule has 0 atom stereocenters. The van der Waals surface area contributed by atoms with Crippen LogP contribution in [0, 0.1) is 0 Å². The third kappa shape index (κ3) is 4.43. The number of hydrogen-bond donors (Lipinski definition) is 1. The molecule has 1 aromatic carbocycles. The molecule has 0 saturated heterocycles. The number of ether oxygens (including phenoxy) is 1. The number of pyridine rings is 1. The van der Waals surface area contributed by atoms with E-state index in [0.29, 0.717) is 5.11 Å². The molecule has 1 aromatic heterocycles. The Balaban J connectivity index is 2.02. The molecule has 110 valence electrons. The number of nitrogens with one attached hydrogen (secondary N) is 1.